The second-order valence-corrected chi connectivity index (χ2v) is 5.00. The fourth-order valence-corrected chi connectivity index (χ4v) is 2.67. The molecule has 1 saturated carbocycles. The van der Waals surface area contributed by atoms with Gasteiger partial charge in [0.25, 0.3) is 0 Å². The molecule has 0 aromatic carbocycles. The average Bonchev–Trinajstić information content (AvgIpc) is 2.53. The molecule has 92 valence electrons. The van der Waals surface area contributed by atoms with Crippen molar-refractivity contribution in [3.05, 3.63) is 0 Å². The largest absolute Gasteiger partial charge is 0.481 e. The quantitative estimate of drug-likeness (QED) is 0.748. The number of esters is 1. The normalized spacial score (nSPS) is 33.7. The zero-order valence-corrected chi connectivity index (χ0v) is 10.2. The van der Waals surface area contributed by atoms with E-state index < -0.39 is 5.97 Å². The Kier molecular flexibility index (Phi) is 3.94. The molecule has 4 nitrogen and oxygen atoms in total. The van der Waals surface area contributed by atoms with Crippen molar-refractivity contribution in [1.29, 1.82) is 0 Å². The molecule has 3 atom stereocenters. The van der Waals surface area contributed by atoms with Crippen molar-refractivity contribution in [2.24, 2.45) is 17.3 Å². The van der Waals surface area contributed by atoms with Gasteiger partial charge in [0.15, 0.2) is 0 Å². The summed E-state index contributed by atoms with van der Waals surface area (Å²) in [6, 6.07) is 0. The van der Waals surface area contributed by atoms with Gasteiger partial charge in [-0.2, -0.15) is 0 Å². The third-order valence-corrected chi connectivity index (χ3v) is 4.14. The summed E-state index contributed by atoms with van der Waals surface area (Å²) in [4.78, 5) is 22.1. The molecule has 0 spiro atoms. The van der Waals surface area contributed by atoms with Gasteiger partial charge in [-0.15, -0.1) is 0 Å². The van der Waals surface area contributed by atoms with Crippen molar-refractivity contribution in [3.8, 4) is 0 Å². The van der Waals surface area contributed by atoms with Crippen LogP contribution in [0.25, 0.3) is 0 Å². The van der Waals surface area contributed by atoms with Crippen molar-refractivity contribution in [3.63, 3.8) is 0 Å². The monoisotopic (exact) mass is 228 g/mol. The van der Waals surface area contributed by atoms with E-state index in [-0.39, 0.29) is 29.6 Å². The van der Waals surface area contributed by atoms with Gasteiger partial charge in [0.2, 0.25) is 0 Å². The van der Waals surface area contributed by atoms with Gasteiger partial charge in [0, 0.05) is 6.42 Å². The number of ether oxygens (including phenoxy) is 1. The Balaban J connectivity index is 2.64. The van der Waals surface area contributed by atoms with Crippen molar-refractivity contribution in [1.82, 2.24) is 0 Å². The molecule has 0 amide bonds. The molecule has 0 heterocycles. The Bertz CT molecular complexity index is 287. The number of aliphatic carboxylic acids is 1. The number of carboxylic acids is 1. The zero-order valence-electron chi connectivity index (χ0n) is 10.2. The third-order valence-electron chi connectivity index (χ3n) is 4.14. The highest BCUT2D eigenvalue weighted by Crippen LogP contribution is 2.49. The maximum absolute atomic E-state index is 11.5. The first-order valence-electron chi connectivity index (χ1n) is 5.70. The number of carbonyl (C=O) groups is 2. The Morgan fingerprint density at radius 1 is 1.50 bits per heavy atom. The van der Waals surface area contributed by atoms with E-state index in [1.54, 1.807) is 0 Å². The highest BCUT2D eigenvalue weighted by Gasteiger charge is 2.45. The van der Waals surface area contributed by atoms with Crippen LogP contribution in [0.2, 0.25) is 0 Å². The standard InChI is InChI=1S/C12H20O4/c1-8-9(11(15)16-3)4-6-12(8,2)7-5-10(13)14/h8-9H,4-7H2,1-3H3,(H,13,14). The van der Waals surface area contributed by atoms with Gasteiger partial charge in [0.1, 0.15) is 0 Å². The molecule has 16 heavy (non-hydrogen) atoms. The van der Waals surface area contributed by atoms with Crippen molar-refractivity contribution >= 4 is 11.9 Å². The van der Waals surface area contributed by atoms with Crippen LogP contribution in [-0.2, 0) is 14.3 Å². The van der Waals surface area contributed by atoms with E-state index in [2.05, 4.69) is 6.92 Å². The molecule has 0 aromatic rings. The Labute approximate surface area is 96.0 Å². The van der Waals surface area contributed by atoms with Gasteiger partial charge in [-0.25, -0.2) is 0 Å². The molecule has 1 aliphatic carbocycles. The molecule has 1 aliphatic rings. The molecule has 4 heteroatoms. The minimum Gasteiger partial charge on any atom is -0.481 e. The molecule has 1 rings (SSSR count). The van der Waals surface area contributed by atoms with Gasteiger partial charge < -0.3 is 9.84 Å². The topological polar surface area (TPSA) is 63.6 Å². The SMILES string of the molecule is COC(=O)C1CCC(C)(CCC(=O)O)C1C. The van der Waals surface area contributed by atoms with Gasteiger partial charge in [0.05, 0.1) is 13.0 Å². The smallest absolute Gasteiger partial charge is 0.308 e. The van der Waals surface area contributed by atoms with E-state index >= 15 is 0 Å². The maximum Gasteiger partial charge on any atom is 0.308 e. The first-order chi connectivity index (χ1) is 7.40. The van der Waals surface area contributed by atoms with Gasteiger partial charge in [-0.1, -0.05) is 13.8 Å². The summed E-state index contributed by atoms with van der Waals surface area (Å²) in [6.07, 6.45) is 2.52. The number of hydrogen-bond acceptors (Lipinski definition) is 3. The molecule has 1 N–H and O–H groups in total. The first kappa shape index (κ1) is 13.0. The van der Waals surface area contributed by atoms with Crippen LogP contribution in [0.5, 0.6) is 0 Å². The van der Waals surface area contributed by atoms with Gasteiger partial charge >= 0.3 is 11.9 Å². The summed E-state index contributed by atoms with van der Waals surface area (Å²) in [6.45, 7) is 4.10. The predicted molar refractivity (Wildman–Crippen MR) is 58.9 cm³/mol. The summed E-state index contributed by atoms with van der Waals surface area (Å²) in [7, 11) is 1.40. The van der Waals surface area contributed by atoms with Gasteiger partial charge in [-0.05, 0) is 30.6 Å². The van der Waals surface area contributed by atoms with Crippen molar-refractivity contribution in [2.45, 2.75) is 39.5 Å². The van der Waals surface area contributed by atoms with Gasteiger partial charge in [-0.3, -0.25) is 9.59 Å². The highest BCUT2D eigenvalue weighted by atomic mass is 16.5. The summed E-state index contributed by atoms with van der Waals surface area (Å²) < 4.78 is 4.77. The van der Waals surface area contributed by atoms with Crippen LogP contribution >= 0.6 is 0 Å². The molecule has 0 saturated heterocycles. The molecule has 0 aromatic heterocycles. The fourth-order valence-electron chi connectivity index (χ4n) is 2.67. The average molecular weight is 228 g/mol. The van der Waals surface area contributed by atoms with E-state index in [9.17, 15) is 9.59 Å². The number of methoxy groups -OCH3 is 1. The van der Waals surface area contributed by atoms with Crippen LogP contribution in [0, 0.1) is 17.3 Å². The fraction of sp³-hybridized carbons (Fsp3) is 0.833. The van der Waals surface area contributed by atoms with Crippen LogP contribution in [0.3, 0.4) is 0 Å². The summed E-state index contributed by atoms with van der Waals surface area (Å²) in [5.74, 6) is -0.801. The Hall–Kier alpha value is -1.06. The molecular weight excluding hydrogens is 208 g/mol. The summed E-state index contributed by atoms with van der Waals surface area (Å²) in [5, 5.41) is 8.70. The lowest BCUT2D eigenvalue weighted by Gasteiger charge is -2.30. The lowest BCUT2D eigenvalue weighted by atomic mass is 9.75. The summed E-state index contributed by atoms with van der Waals surface area (Å²) in [5.41, 5.74) is -0.0444. The number of carboxylic acid groups (broad SMARTS) is 1. The lowest BCUT2D eigenvalue weighted by molar-refractivity contribution is -0.147. The molecular formula is C12H20O4. The Morgan fingerprint density at radius 2 is 2.12 bits per heavy atom. The maximum atomic E-state index is 11.5. The van der Waals surface area contributed by atoms with Crippen LogP contribution in [0.4, 0.5) is 0 Å². The number of rotatable bonds is 4. The minimum atomic E-state index is -0.769. The Morgan fingerprint density at radius 3 is 2.62 bits per heavy atom. The number of hydrogen-bond donors (Lipinski definition) is 1. The molecule has 0 radical (unpaired) electrons. The van der Waals surface area contributed by atoms with E-state index in [1.807, 2.05) is 6.92 Å². The molecule has 0 aliphatic heterocycles. The first-order valence-corrected chi connectivity index (χ1v) is 5.70. The second-order valence-electron chi connectivity index (χ2n) is 5.00. The van der Waals surface area contributed by atoms with Crippen LogP contribution in [0.15, 0.2) is 0 Å². The van der Waals surface area contributed by atoms with E-state index in [4.69, 9.17) is 9.84 Å². The van der Waals surface area contributed by atoms with Crippen LogP contribution < -0.4 is 0 Å². The number of carbonyl (C=O) groups excluding carboxylic acids is 1. The third kappa shape index (κ3) is 2.54. The molecule has 0 bridgehead atoms. The minimum absolute atomic E-state index is 0.0444. The highest BCUT2D eigenvalue weighted by molar-refractivity contribution is 5.73. The zero-order chi connectivity index (χ0) is 12.3. The van der Waals surface area contributed by atoms with E-state index in [1.165, 1.54) is 7.11 Å². The summed E-state index contributed by atoms with van der Waals surface area (Å²) >= 11 is 0. The van der Waals surface area contributed by atoms with Crippen molar-refractivity contribution < 1.29 is 19.4 Å². The molecule has 3 unspecified atom stereocenters. The van der Waals surface area contributed by atoms with Crippen LogP contribution in [-0.4, -0.2) is 24.2 Å². The lowest BCUT2D eigenvalue weighted by Crippen LogP contribution is -2.28. The predicted octanol–water partition coefficient (Wildman–Crippen LogP) is 2.08. The van der Waals surface area contributed by atoms with E-state index in [0.717, 1.165) is 12.8 Å². The van der Waals surface area contributed by atoms with E-state index in [0.29, 0.717) is 6.42 Å². The van der Waals surface area contributed by atoms with Crippen LogP contribution in [0.1, 0.15) is 39.5 Å². The van der Waals surface area contributed by atoms with Crippen molar-refractivity contribution in [2.75, 3.05) is 7.11 Å². The molecule has 1 fully saturated rings. The second kappa shape index (κ2) is 4.85.